The Morgan fingerprint density at radius 1 is 1.00 bits per heavy atom. The van der Waals surface area contributed by atoms with Crippen LogP contribution in [0, 0.1) is 17.8 Å². The summed E-state index contributed by atoms with van der Waals surface area (Å²) in [6, 6.07) is -0.674. The quantitative estimate of drug-likeness (QED) is 0.314. The van der Waals surface area contributed by atoms with Crippen LogP contribution in [0.25, 0.3) is 0 Å². The zero-order chi connectivity index (χ0) is 25.1. The smallest absolute Gasteiger partial charge is 0.309 e. The van der Waals surface area contributed by atoms with E-state index in [0.717, 1.165) is 6.42 Å². The number of hydrogen-bond donors (Lipinski definition) is 1. The molecule has 2 atom stereocenters. The van der Waals surface area contributed by atoms with Gasteiger partial charge in [0.15, 0.2) is 0 Å². The third-order valence-corrected chi connectivity index (χ3v) is 6.43. The lowest BCUT2D eigenvalue weighted by molar-refractivity contribution is -0.155. The van der Waals surface area contributed by atoms with Gasteiger partial charge in [-0.2, -0.15) is 0 Å². The molecule has 2 fully saturated rings. The molecular weight excluding hydrogens is 438 g/mol. The molecule has 1 N–H and O–H groups in total. The van der Waals surface area contributed by atoms with Crippen molar-refractivity contribution in [1.82, 2.24) is 15.1 Å². The fourth-order valence-corrected chi connectivity index (χ4v) is 4.64. The summed E-state index contributed by atoms with van der Waals surface area (Å²) in [6.45, 7) is 12.2. The zero-order valence-corrected chi connectivity index (χ0v) is 21.7. The number of ether oxygens (including phenoxy) is 3. The first-order chi connectivity index (χ1) is 16.2. The summed E-state index contributed by atoms with van der Waals surface area (Å²) >= 11 is 0. The van der Waals surface area contributed by atoms with E-state index in [2.05, 4.69) is 33.0 Å². The molecule has 9 heteroatoms. The van der Waals surface area contributed by atoms with Crippen molar-refractivity contribution in [2.75, 3.05) is 59.7 Å². The molecule has 0 saturated carbocycles. The fourth-order valence-electron chi connectivity index (χ4n) is 4.64. The molecule has 0 aromatic carbocycles. The molecule has 2 aliphatic rings. The summed E-state index contributed by atoms with van der Waals surface area (Å²) in [6.07, 6.45) is 2.57. The van der Waals surface area contributed by atoms with E-state index >= 15 is 0 Å². The molecular formula is C25H45N3O6. The van der Waals surface area contributed by atoms with Crippen LogP contribution in [0.2, 0.25) is 0 Å². The standard InChI is InChI=1S/C25H45N3O6/c1-18(2)16-21-23(29)28(11-8-26-21)22(17-19(3)4)24(30)27-9-6-20(7-10-27)25(31)34-15-14-33-13-12-32-5/h18-22,26H,6-17H2,1-5H3/t21-,22-/m0/s1. The monoisotopic (exact) mass is 483 g/mol. The van der Waals surface area contributed by atoms with Gasteiger partial charge in [-0.05, 0) is 37.5 Å². The molecule has 196 valence electrons. The maximum Gasteiger partial charge on any atom is 0.309 e. The highest BCUT2D eigenvalue weighted by molar-refractivity contribution is 5.90. The third kappa shape index (κ3) is 8.82. The number of piperazine rings is 1. The van der Waals surface area contributed by atoms with Crippen LogP contribution < -0.4 is 5.32 Å². The van der Waals surface area contributed by atoms with Crippen LogP contribution in [0.3, 0.4) is 0 Å². The lowest BCUT2D eigenvalue weighted by atomic mass is 9.94. The van der Waals surface area contributed by atoms with E-state index in [4.69, 9.17) is 14.2 Å². The average Bonchev–Trinajstić information content (AvgIpc) is 2.80. The minimum atomic E-state index is -0.447. The summed E-state index contributed by atoms with van der Waals surface area (Å²) in [5, 5.41) is 3.32. The SMILES string of the molecule is COCCOCCOC(=O)C1CCN(C(=O)[C@H](CC(C)C)N2CCN[C@@H](CC(C)C)C2=O)CC1. The molecule has 0 spiro atoms. The van der Waals surface area contributed by atoms with Crippen molar-refractivity contribution in [3.63, 3.8) is 0 Å². The van der Waals surface area contributed by atoms with E-state index in [1.807, 2.05) is 4.90 Å². The molecule has 0 unspecified atom stereocenters. The lowest BCUT2D eigenvalue weighted by Gasteiger charge is -2.42. The highest BCUT2D eigenvalue weighted by atomic mass is 16.6. The van der Waals surface area contributed by atoms with Crippen molar-refractivity contribution in [1.29, 1.82) is 0 Å². The van der Waals surface area contributed by atoms with Gasteiger partial charge in [0.25, 0.3) is 0 Å². The van der Waals surface area contributed by atoms with Gasteiger partial charge in [-0.25, -0.2) is 0 Å². The zero-order valence-electron chi connectivity index (χ0n) is 21.7. The Balaban J connectivity index is 1.89. The number of likely N-dealkylation sites (tertiary alicyclic amines) is 1. The predicted molar refractivity (Wildman–Crippen MR) is 129 cm³/mol. The Morgan fingerprint density at radius 2 is 1.68 bits per heavy atom. The lowest BCUT2D eigenvalue weighted by Crippen LogP contribution is -2.62. The number of esters is 1. The number of amides is 2. The van der Waals surface area contributed by atoms with Crippen molar-refractivity contribution in [3.05, 3.63) is 0 Å². The van der Waals surface area contributed by atoms with Crippen LogP contribution in [-0.2, 0) is 28.6 Å². The molecule has 0 aliphatic carbocycles. The molecule has 2 aliphatic heterocycles. The predicted octanol–water partition coefficient (Wildman–Crippen LogP) is 1.69. The minimum Gasteiger partial charge on any atom is -0.463 e. The van der Waals surface area contributed by atoms with Crippen molar-refractivity contribution in [2.45, 2.75) is 65.5 Å². The van der Waals surface area contributed by atoms with Gasteiger partial charge in [-0.3, -0.25) is 14.4 Å². The summed E-state index contributed by atoms with van der Waals surface area (Å²) in [5.74, 6) is 0.295. The number of nitrogens with zero attached hydrogens (tertiary/aromatic N) is 2. The molecule has 0 bridgehead atoms. The topological polar surface area (TPSA) is 97.4 Å². The van der Waals surface area contributed by atoms with Crippen LogP contribution >= 0.6 is 0 Å². The Labute approximate surface area is 204 Å². The highest BCUT2D eigenvalue weighted by Gasteiger charge is 2.39. The van der Waals surface area contributed by atoms with Gasteiger partial charge in [0.1, 0.15) is 12.6 Å². The van der Waals surface area contributed by atoms with Crippen molar-refractivity contribution >= 4 is 17.8 Å². The number of carbonyl (C=O) groups excluding carboxylic acids is 3. The summed E-state index contributed by atoms with van der Waals surface area (Å²) < 4.78 is 15.6. The number of hydrogen-bond acceptors (Lipinski definition) is 7. The Kier molecular flexibility index (Phi) is 12.3. The van der Waals surface area contributed by atoms with Crippen LogP contribution in [0.5, 0.6) is 0 Å². The number of rotatable bonds is 13. The Morgan fingerprint density at radius 3 is 2.29 bits per heavy atom. The number of carbonyl (C=O) groups is 3. The largest absolute Gasteiger partial charge is 0.463 e. The first-order valence-electron chi connectivity index (χ1n) is 12.8. The summed E-state index contributed by atoms with van der Waals surface area (Å²) in [7, 11) is 1.61. The first-order valence-corrected chi connectivity index (χ1v) is 12.8. The van der Waals surface area contributed by atoms with E-state index in [9.17, 15) is 14.4 Å². The van der Waals surface area contributed by atoms with Crippen LogP contribution in [0.4, 0.5) is 0 Å². The van der Waals surface area contributed by atoms with E-state index < -0.39 is 6.04 Å². The molecule has 0 aromatic heterocycles. The maximum atomic E-state index is 13.5. The van der Waals surface area contributed by atoms with Gasteiger partial charge in [0, 0.05) is 33.3 Å². The minimum absolute atomic E-state index is 0.00519. The van der Waals surface area contributed by atoms with Gasteiger partial charge in [-0.15, -0.1) is 0 Å². The molecule has 9 nitrogen and oxygen atoms in total. The number of piperidine rings is 1. The molecule has 34 heavy (non-hydrogen) atoms. The Hall–Kier alpha value is -1.71. The van der Waals surface area contributed by atoms with Gasteiger partial charge < -0.3 is 29.3 Å². The van der Waals surface area contributed by atoms with Crippen molar-refractivity contribution in [3.8, 4) is 0 Å². The van der Waals surface area contributed by atoms with Gasteiger partial charge in [0.05, 0.1) is 31.8 Å². The first kappa shape index (κ1) is 28.5. The Bertz CT molecular complexity index is 649. The van der Waals surface area contributed by atoms with Gasteiger partial charge in [0.2, 0.25) is 11.8 Å². The maximum absolute atomic E-state index is 13.5. The van der Waals surface area contributed by atoms with Crippen LogP contribution in [0.15, 0.2) is 0 Å². The molecule has 2 amide bonds. The van der Waals surface area contributed by atoms with Crippen LogP contribution in [0.1, 0.15) is 53.4 Å². The second kappa shape index (κ2) is 14.6. The molecule has 0 aromatic rings. The molecule has 0 radical (unpaired) electrons. The van der Waals surface area contributed by atoms with E-state index in [0.29, 0.717) is 77.1 Å². The van der Waals surface area contributed by atoms with E-state index in [1.165, 1.54) is 0 Å². The molecule has 2 heterocycles. The van der Waals surface area contributed by atoms with Crippen molar-refractivity contribution in [2.24, 2.45) is 17.8 Å². The second-order valence-corrected chi connectivity index (χ2v) is 10.2. The molecule has 2 rings (SSSR count). The number of nitrogens with one attached hydrogen (secondary N) is 1. The van der Waals surface area contributed by atoms with E-state index in [1.54, 1.807) is 12.0 Å². The highest BCUT2D eigenvalue weighted by Crippen LogP contribution is 2.24. The van der Waals surface area contributed by atoms with Gasteiger partial charge in [-0.1, -0.05) is 27.7 Å². The normalized spacial score (nSPS) is 20.8. The third-order valence-electron chi connectivity index (χ3n) is 6.43. The number of methoxy groups -OCH3 is 1. The van der Waals surface area contributed by atoms with Crippen molar-refractivity contribution < 1.29 is 28.6 Å². The van der Waals surface area contributed by atoms with Gasteiger partial charge >= 0.3 is 5.97 Å². The molecule has 2 saturated heterocycles. The average molecular weight is 484 g/mol. The second-order valence-electron chi connectivity index (χ2n) is 10.2. The van der Waals surface area contributed by atoms with Crippen LogP contribution in [-0.4, -0.2) is 99.4 Å². The fraction of sp³-hybridized carbons (Fsp3) is 0.880. The van der Waals surface area contributed by atoms with E-state index in [-0.39, 0.29) is 36.4 Å². The summed E-state index contributed by atoms with van der Waals surface area (Å²) in [4.78, 5) is 42.8. The summed E-state index contributed by atoms with van der Waals surface area (Å²) in [5.41, 5.74) is 0.